The molecule has 0 saturated heterocycles. The van der Waals surface area contributed by atoms with Crippen molar-refractivity contribution in [3.05, 3.63) is 70.2 Å². The molecule has 2 aromatic carbocycles. The van der Waals surface area contributed by atoms with Crippen molar-refractivity contribution in [1.29, 1.82) is 0 Å². The molecule has 0 radical (unpaired) electrons. The van der Waals surface area contributed by atoms with Crippen molar-refractivity contribution in [3.8, 4) is 16.3 Å². The van der Waals surface area contributed by atoms with Crippen LogP contribution in [-0.4, -0.2) is 24.2 Å². The quantitative estimate of drug-likeness (QED) is 0.281. The highest BCUT2D eigenvalue weighted by molar-refractivity contribution is 7.98. The zero-order valence-corrected chi connectivity index (χ0v) is 19.4. The Bertz CT molecular complexity index is 1190. The van der Waals surface area contributed by atoms with E-state index >= 15 is 0 Å². The highest BCUT2D eigenvalue weighted by Crippen LogP contribution is 2.36. The smallest absolute Gasteiger partial charge is 0.416 e. The summed E-state index contributed by atoms with van der Waals surface area (Å²) in [5.41, 5.74) is 1.81. The number of aryl methyl sites for hydroxylation is 1. The molecule has 4 rings (SSSR count). The topological polar surface area (TPSA) is 48.4 Å². The van der Waals surface area contributed by atoms with E-state index in [0.717, 1.165) is 33.2 Å². The average Bonchev–Trinajstić information content (AvgIpc) is 3.17. The zero-order valence-electron chi connectivity index (χ0n) is 17.8. The molecule has 0 aliphatic carbocycles. The maximum absolute atomic E-state index is 12.8. The van der Waals surface area contributed by atoms with E-state index in [1.807, 2.05) is 37.3 Å². The van der Waals surface area contributed by atoms with Gasteiger partial charge in [0.25, 0.3) is 0 Å². The number of carbonyl (C=O) groups excluding carboxylic acids is 1. The Morgan fingerprint density at radius 2 is 1.97 bits per heavy atom. The Morgan fingerprint density at radius 1 is 1.21 bits per heavy atom. The zero-order chi connectivity index (χ0) is 23.6. The summed E-state index contributed by atoms with van der Waals surface area (Å²) in [5, 5.41) is 0.704. The van der Waals surface area contributed by atoms with E-state index in [1.165, 1.54) is 30.6 Å². The summed E-state index contributed by atoms with van der Waals surface area (Å²) in [7, 11) is 1.35. The van der Waals surface area contributed by atoms with Crippen molar-refractivity contribution in [2.75, 3.05) is 7.11 Å². The molecule has 1 aliphatic rings. The van der Waals surface area contributed by atoms with Crippen LogP contribution in [0.1, 0.15) is 28.1 Å². The van der Waals surface area contributed by atoms with Crippen LogP contribution in [0.15, 0.2) is 53.4 Å². The molecule has 0 fully saturated rings. The van der Waals surface area contributed by atoms with E-state index in [-0.39, 0.29) is 18.5 Å². The number of benzene rings is 2. The number of halogens is 3. The van der Waals surface area contributed by atoms with Gasteiger partial charge in [0.2, 0.25) is 0 Å². The number of thiazole rings is 1. The molecule has 33 heavy (non-hydrogen) atoms. The Morgan fingerprint density at radius 3 is 2.67 bits per heavy atom. The first kappa shape index (κ1) is 23.4. The van der Waals surface area contributed by atoms with Gasteiger partial charge in [-0.25, -0.2) is 4.98 Å². The number of hydrogen-bond acceptors (Lipinski definition) is 6. The second kappa shape index (κ2) is 9.61. The number of alkyl halides is 3. The summed E-state index contributed by atoms with van der Waals surface area (Å²) in [4.78, 5) is 18.1. The number of fused-ring (bicyclic) bond motifs is 1. The summed E-state index contributed by atoms with van der Waals surface area (Å²) < 4.78 is 48.9. The van der Waals surface area contributed by atoms with Crippen molar-refractivity contribution >= 4 is 35.1 Å². The lowest BCUT2D eigenvalue weighted by Gasteiger charge is -2.21. The molecule has 0 spiro atoms. The third kappa shape index (κ3) is 5.59. The lowest BCUT2D eigenvalue weighted by molar-refractivity contribution is -0.142. The van der Waals surface area contributed by atoms with E-state index < -0.39 is 11.7 Å². The molecule has 1 aromatic heterocycles. The number of carbonyl (C=O) groups is 1. The Labute approximate surface area is 197 Å². The second-order valence-corrected chi connectivity index (χ2v) is 9.52. The van der Waals surface area contributed by atoms with E-state index in [4.69, 9.17) is 4.74 Å². The fraction of sp³-hybridized carbons (Fsp3) is 0.250. The first-order chi connectivity index (χ1) is 15.7. The highest BCUT2D eigenvalue weighted by atomic mass is 32.2. The fourth-order valence-electron chi connectivity index (χ4n) is 3.26. The maximum Gasteiger partial charge on any atom is 0.416 e. The van der Waals surface area contributed by atoms with Crippen LogP contribution in [-0.2, 0) is 21.5 Å². The van der Waals surface area contributed by atoms with Crippen molar-refractivity contribution in [2.24, 2.45) is 0 Å². The van der Waals surface area contributed by atoms with E-state index in [1.54, 1.807) is 11.8 Å². The van der Waals surface area contributed by atoms with Gasteiger partial charge in [-0.2, -0.15) is 13.2 Å². The normalized spacial score (nSPS) is 15.1. The molecule has 0 bridgehead atoms. The average molecular weight is 492 g/mol. The molecule has 0 N–H and O–H groups in total. The Kier molecular flexibility index (Phi) is 6.81. The predicted molar refractivity (Wildman–Crippen MR) is 123 cm³/mol. The van der Waals surface area contributed by atoms with Crippen molar-refractivity contribution < 1.29 is 27.4 Å². The molecular formula is C24H20F3NO3S2. The van der Waals surface area contributed by atoms with E-state index in [0.29, 0.717) is 22.1 Å². The molecule has 1 unspecified atom stereocenters. The molecule has 1 aliphatic heterocycles. The van der Waals surface area contributed by atoms with E-state index in [9.17, 15) is 18.0 Å². The molecule has 0 saturated carbocycles. The largest absolute Gasteiger partial charge is 0.485 e. The van der Waals surface area contributed by atoms with Crippen LogP contribution in [0, 0.1) is 6.92 Å². The van der Waals surface area contributed by atoms with Gasteiger partial charge in [-0.05, 0) is 43.3 Å². The van der Waals surface area contributed by atoms with Crippen LogP contribution in [0.4, 0.5) is 13.2 Å². The van der Waals surface area contributed by atoms with Crippen LogP contribution in [0.3, 0.4) is 0 Å². The van der Waals surface area contributed by atoms with Gasteiger partial charge in [0.05, 0.1) is 24.8 Å². The summed E-state index contributed by atoms with van der Waals surface area (Å²) >= 11 is 3.13. The minimum atomic E-state index is -4.35. The minimum Gasteiger partial charge on any atom is -0.485 e. The number of nitrogens with zero attached hydrogens (tertiary/aromatic N) is 1. The van der Waals surface area contributed by atoms with Crippen LogP contribution < -0.4 is 4.74 Å². The summed E-state index contributed by atoms with van der Waals surface area (Å²) in [5.74, 6) is 1.09. The van der Waals surface area contributed by atoms with Crippen LogP contribution in [0.25, 0.3) is 16.6 Å². The standard InChI is InChI=1S/C24H20F3NO3S2/c1-14-21(33-23(28-14)15-3-6-17(7-4-15)24(25,26)27)13-32-19-9-10-20-16(11-19)5-8-18(31-20)12-22(29)30-2/h3-11,18H,12-13H2,1-2H3. The Balaban J connectivity index is 1.42. The molecule has 172 valence electrons. The van der Waals surface area contributed by atoms with E-state index in [2.05, 4.69) is 9.72 Å². The van der Waals surface area contributed by atoms with Gasteiger partial charge in [0.1, 0.15) is 16.9 Å². The lowest BCUT2D eigenvalue weighted by atomic mass is 10.1. The van der Waals surface area contributed by atoms with Gasteiger partial charge in [0.15, 0.2) is 0 Å². The number of aromatic nitrogens is 1. The second-order valence-electron chi connectivity index (χ2n) is 7.39. The fourth-order valence-corrected chi connectivity index (χ4v) is 5.42. The van der Waals surface area contributed by atoms with Gasteiger partial charge < -0.3 is 9.47 Å². The van der Waals surface area contributed by atoms with Gasteiger partial charge in [-0.1, -0.05) is 18.2 Å². The number of rotatable bonds is 6. The number of methoxy groups -OCH3 is 1. The van der Waals surface area contributed by atoms with Crippen LogP contribution >= 0.6 is 23.1 Å². The third-order valence-corrected chi connectivity index (χ3v) is 7.48. The summed E-state index contributed by atoms with van der Waals surface area (Å²) in [6.45, 7) is 1.91. The predicted octanol–water partition coefficient (Wildman–Crippen LogP) is 6.77. The van der Waals surface area contributed by atoms with Gasteiger partial charge >= 0.3 is 12.1 Å². The van der Waals surface area contributed by atoms with Gasteiger partial charge in [-0.15, -0.1) is 23.1 Å². The van der Waals surface area contributed by atoms with Crippen LogP contribution in [0.2, 0.25) is 0 Å². The minimum absolute atomic E-state index is 0.162. The number of ether oxygens (including phenoxy) is 2. The summed E-state index contributed by atoms with van der Waals surface area (Å²) in [6, 6.07) is 11.0. The SMILES string of the molecule is COC(=O)CC1C=Cc2cc(SCc3sc(-c4ccc(C(F)(F)F)cc4)nc3C)ccc2O1. The van der Waals surface area contributed by atoms with Crippen molar-refractivity contribution in [3.63, 3.8) is 0 Å². The first-order valence-corrected chi connectivity index (χ1v) is 11.9. The molecule has 0 amide bonds. The Hall–Kier alpha value is -2.78. The molecular weight excluding hydrogens is 471 g/mol. The number of thioether (sulfide) groups is 1. The summed E-state index contributed by atoms with van der Waals surface area (Å²) in [6.07, 6.45) is -0.744. The third-order valence-electron chi connectivity index (χ3n) is 5.07. The first-order valence-electron chi connectivity index (χ1n) is 10.1. The van der Waals surface area contributed by atoms with Gasteiger partial charge in [-0.3, -0.25) is 4.79 Å². The monoisotopic (exact) mass is 491 g/mol. The van der Waals surface area contributed by atoms with Crippen molar-refractivity contribution in [1.82, 2.24) is 4.98 Å². The van der Waals surface area contributed by atoms with Crippen LogP contribution in [0.5, 0.6) is 5.75 Å². The van der Waals surface area contributed by atoms with Gasteiger partial charge in [0, 0.05) is 26.7 Å². The highest BCUT2D eigenvalue weighted by Gasteiger charge is 2.30. The molecule has 9 heteroatoms. The number of hydrogen-bond donors (Lipinski definition) is 0. The lowest BCUT2D eigenvalue weighted by Crippen LogP contribution is -2.21. The maximum atomic E-state index is 12.8. The molecule has 3 aromatic rings. The molecule has 1 atom stereocenters. The molecule has 2 heterocycles. The number of esters is 1. The van der Waals surface area contributed by atoms with Crippen molar-refractivity contribution in [2.45, 2.75) is 36.3 Å². The molecule has 4 nitrogen and oxygen atoms in total.